The maximum atomic E-state index is 13.4. The van der Waals surface area contributed by atoms with Crippen molar-refractivity contribution in [2.45, 2.75) is 51.1 Å². The normalized spacial score (nSPS) is 22.5. The fourth-order valence-corrected chi connectivity index (χ4v) is 4.59. The fraction of sp³-hybridized carbons (Fsp3) is 0.636. The molecule has 180 valence electrons. The van der Waals surface area contributed by atoms with Crippen LogP contribution in [0.5, 0.6) is 0 Å². The van der Waals surface area contributed by atoms with Crippen LogP contribution in [0, 0.1) is 11.3 Å². The molecular formula is C22H33F2N8O+. The van der Waals surface area contributed by atoms with Crippen molar-refractivity contribution in [3.63, 3.8) is 0 Å². The van der Waals surface area contributed by atoms with Gasteiger partial charge >= 0.3 is 0 Å². The molecule has 33 heavy (non-hydrogen) atoms. The topological polar surface area (TPSA) is 115 Å². The first-order chi connectivity index (χ1) is 15.9. The van der Waals surface area contributed by atoms with Gasteiger partial charge in [0.15, 0.2) is 5.65 Å². The van der Waals surface area contributed by atoms with Gasteiger partial charge in [-0.1, -0.05) is 6.92 Å². The molecule has 9 nitrogen and oxygen atoms in total. The van der Waals surface area contributed by atoms with Crippen molar-refractivity contribution in [1.29, 1.82) is 5.41 Å². The van der Waals surface area contributed by atoms with E-state index in [2.05, 4.69) is 32.5 Å². The van der Waals surface area contributed by atoms with Gasteiger partial charge in [-0.3, -0.25) is 4.79 Å². The third-order valence-electron chi connectivity index (χ3n) is 6.72. The van der Waals surface area contributed by atoms with E-state index in [0.29, 0.717) is 17.6 Å². The van der Waals surface area contributed by atoms with Crippen LogP contribution < -0.4 is 20.9 Å². The number of piperazine rings is 1. The molecule has 0 aromatic carbocycles. The molecule has 3 heterocycles. The fourth-order valence-electron chi connectivity index (χ4n) is 4.59. The van der Waals surface area contributed by atoms with E-state index < -0.39 is 24.1 Å². The monoisotopic (exact) mass is 463 g/mol. The minimum atomic E-state index is -2.92. The number of carbonyl (C=O) groups is 1. The second-order valence-electron chi connectivity index (χ2n) is 9.12. The highest BCUT2D eigenvalue weighted by Crippen LogP contribution is 2.21. The summed E-state index contributed by atoms with van der Waals surface area (Å²) in [6, 6.07) is 1.14. The molecular weight excluding hydrogens is 430 g/mol. The number of nitrogens with two attached hydrogens (primary N) is 1. The highest BCUT2D eigenvalue weighted by molar-refractivity contribution is 6.03. The summed E-state index contributed by atoms with van der Waals surface area (Å²) in [6.45, 7) is 5.77. The largest absolute Gasteiger partial charge is 0.354 e. The van der Waals surface area contributed by atoms with Crippen LogP contribution in [0.15, 0.2) is 18.5 Å². The molecule has 1 aliphatic heterocycles. The van der Waals surface area contributed by atoms with Crippen LogP contribution in [0.25, 0.3) is 5.65 Å². The van der Waals surface area contributed by atoms with Crippen molar-refractivity contribution >= 4 is 23.1 Å². The zero-order valence-corrected chi connectivity index (χ0v) is 18.9. The zero-order chi connectivity index (χ0) is 23.4. The summed E-state index contributed by atoms with van der Waals surface area (Å²) in [5, 5.41) is 20.0. The standard InChI is InChI=1S/C22H32F2N8O/c1-14-2-4-15(5-3-14)27-13-17(19(25)20(23)24)29-22(33)16-12-28-32-9-6-18(30-21(16)32)31-10-7-26-8-11-31/h6,9,12,14-15,17,20,25-27H,2-5,7-8,10-11,13H2,1H3,(H,29,33)/p+1. The third kappa shape index (κ3) is 5.64. The Morgan fingerprint density at radius 1 is 1.30 bits per heavy atom. The number of hydrogen-bond acceptors (Lipinski definition) is 6. The predicted octanol–water partition coefficient (Wildman–Crippen LogP) is 0.664. The van der Waals surface area contributed by atoms with E-state index in [-0.39, 0.29) is 12.1 Å². The Balaban J connectivity index is 1.47. The predicted molar refractivity (Wildman–Crippen MR) is 121 cm³/mol. The Morgan fingerprint density at radius 2 is 2.03 bits per heavy atom. The Labute approximate surface area is 191 Å². The number of rotatable bonds is 8. The van der Waals surface area contributed by atoms with Gasteiger partial charge in [0.05, 0.1) is 12.2 Å². The molecule has 2 aromatic rings. The maximum absolute atomic E-state index is 13.4. The Hall–Kier alpha value is -2.66. The lowest BCUT2D eigenvalue weighted by Crippen LogP contribution is -2.93. The molecule has 0 radical (unpaired) electrons. The molecule has 1 unspecified atom stereocenters. The van der Waals surface area contributed by atoms with Crippen LogP contribution in [-0.4, -0.2) is 77.4 Å². The lowest BCUT2D eigenvalue weighted by molar-refractivity contribution is -0.692. The first-order valence-electron chi connectivity index (χ1n) is 11.7. The van der Waals surface area contributed by atoms with E-state index in [0.717, 1.165) is 57.7 Å². The Kier molecular flexibility index (Phi) is 7.49. The van der Waals surface area contributed by atoms with E-state index >= 15 is 0 Å². The molecule has 11 heteroatoms. The maximum Gasteiger partial charge on any atom is 0.278 e. The Bertz CT molecular complexity index is 966. The molecule has 2 aromatic heterocycles. The van der Waals surface area contributed by atoms with Crippen LogP contribution in [-0.2, 0) is 0 Å². The third-order valence-corrected chi connectivity index (χ3v) is 6.72. The molecule has 0 bridgehead atoms. The lowest BCUT2D eigenvalue weighted by Gasteiger charge is -2.28. The summed E-state index contributed by atoms with van der Waals surface area (Å²) in [5.74, 6) is 0.894. The number of alkyl halides is 2. The van der Waals surface area contributed by atoms with Crippen molar-refractivity contribution in [2.24, 2.45) is 5.92 Å². The molecule has 0 spiro atoms. The van der Waals surface area contributed by atoms with Crippen molar-refractivity contribution in [1.82, 2.24) is 25.2 Å². The quantitative estimate of drug-likeness (QED) is 0.430. The van der Waals surface area contributed by atoms with Crippen LogP contribution in [0.2, 0.25) is 0 Å². The number of hydrogen-bond donors (Lipinski definition) is 4. The number of fused-ring (bicyclic) bond motifs is 1. The summed E-state index contributed by atoms with van der Waals surface area (Å²) in [6.07, 6.45) is 4.51. The first kappa shape index (κ1) is 23.5. The molecule has 5 N–H and O–H groups in total. The molecule has 1 amide bonds. The second kappa shape index (κ2) is 10.5. The van der Waals surface area contributed by atoms with E-state index in [9.17, 15) is 13.6 Å². The molecule has 4 rings (SSSR count). The minimum Gasteiger partial charge on any atom is -0.354 e. The molecule has 2 fully saturated rings. The van der Waals surface area contributed by atoms with Gasteiger partial charge in [-0.05, 0) is 37.7 Å². The summed E-state index contributed by atoms with van der Waals surface area (Å²) in [5.41, 5.74) is -0.184. The van der Waals surface area contributed by atoms with Crippen LogP contribution in [0.4, 0.5) is 14.6 Å². The average Bonchev–Trinajstić information content (AvgIpc) is 3.26. The van der Waals surface area contributed by atoms with E-state index in [1.165, 1.54) is 10.7 Å². The van der Waals surface area contributed by atoms with Gasteiger partial charge in [0.1, 0.15) is 29.7 Å². The number of amides is 1. The van der Waals surface area contributed by atoms with Crippen molar-refractivity contribution in [3.05, 3.63) is 24.0 Å². The highest BCUT2D eigenvalue weighted by Gasteiger charge is 2.30. The van der Waals surface area contributed by atoms with Crippen LogP contribution >= 0.6 is 0 Å². The molecule has 2 aliphatic rings. The number of quaternary nitrogens is 1. The number of carbonyl (C=O) groups excluding carboxylic acids is 1. The highest BCUT2D eigenvalue weighted by atomic mass is 19.3. The van der Waals surface area contributed by atoms with Crippen molar-refractivity contribution < 1.29 is 18.9 Å². The van der Waals surface area contributed by atoms with E-state index in [1.54, 1.807) is 6.20 Å². The van der Waals surface area contributed by atoms with Crippen molar-refractivity contribution in [3.8, 4) is 0 Å². The smallest absolute Gasteiger partial charge is 0.278 e. The molecule has 1 atom stereocenters. The van der Waals surface area contributed by atoms with Gasteiger partial charge in [0, 0.05) is 32.4 Å². The van der Waals surface area contributed by atoms with Crippen LogP contribution in [0.3, 0.4) is 0 Å². The Morgan fingerprint density at radius 3 is 2.73 bits per heavy atom. The summed E-state index contributed by atoms with van der Waals surface area (Å²) < 4.78 is 28.2. The first-order valence-corrected chi connectivity index (χ1v) is 11.7. The summed E-state index contributed by atoms with van der Waals surface area (Å²) in [4.78, 5) is 19.8. The van der Waals surface area contributed by atoms with Gasteiger partial charge in [0.2, 0.25) is 0 Å². The van der Waals surface area contributed by atoms with Gasteiger partial charge in [0.25, 0.3) is 12.3 Å². The van der Waals surface area contributed by atoms with Crippen LogP contribution in [0.1, 0.15) is 43.0 Å². The number of aromatic nitrogens is 3. The average molecular weight is 464 g/mol. The van der Waals surface area contributed by atoms with E-state index in [4.69, 9.17) is 5.41 Å². The summed E-state index contributed by atoms with van der Waals surface area (Å²) >= 11 is 0. The molecule has 1 saturated heterocycles. The number of nitrogens with zero attached hydrogens (tertiary/aromatic N) is 4. The van der Waals surface area contributed by atoms with Crippen molar-refractivity contribution in [2.75, 3.05) is 37.6 Å². The number of nitrogens with one attached hydrogen (secondary N) is 3. The van der Waals surface area contributed by atoms with Gasteiger partial charge in [-0.15, -0.1) is 0 Å². The van der Waals surface area contributed by atoms with Gasteiger partial charge in [-0.25, -0.2) is 18.3 Å². The minimum absolute atomic E-state index is 0.213. The summed E-state index contributed by atoms with van der Waals surface area (Å²) in [7, 11) is 0. The molecule has 1 saturated carbocycles. The van der Waals surface area contributed by atoms with E-state index in [1.807, 2.05) is 11.4 Å². The molecule has 1 aliphatic carbocycles. The number of halogens is 2. The number of anilines is 1. The van der Waals surface area contributed by atoms with Gasteiger partial charge < -0.3 is 26.3 Å². The SMILES string of the molecule is CC1CCC([NH2+]CC(NC(=O)c2cnn3ccc(N4CCNCC4)nc23)C(=N)C(F)F)CC1. The van der Waals surface area contributed by atoms with Gasteiger partial charge in [-0.2, -0.15) is 5.10 Å². The zero-order valence-electron chi connectivity index (χ0n) is 18.9. The second-order valence-corrected chi connectivity index (χ2v) is 9.12. The lowest BCUT2D eigenvalue weighted by atomic mass is 9.87.